The topological polar surface area (TPSA) is 176 Å². The van der Waals surface area contributed by atoms with E-state index < -0.39 is 0 Å². The molecule has 0 fully saturated rings. The summed E-state index contributed by atoms with van der Waals surface area (Å²) in [6.07, 6.45) is 0. The summed E-state index contributed by atoms with van der Waals surface area (Å²) in [7, 11) is 0. The monoisotopic (exact) mass is 162 g/mol. The highest BCUT2D eigenvalue weighted by molar-refractivity contribution is 5.85. The number of hydrogen-bond donors (Lipinski definition) is 0. The minimum Gasteiger partial charge on any atom is -0.373 e. The van der Waals surface area contributed by atoms with Crippen LogP contribution >= 0.6 is 12.4 Å². The van der Waals surface area contributed by atoms with Crippen LogP contribution in [0.25, 0.3) is 47.9 Å². The maximum Gasteiger partial charge on any atom is -0.147 e. The maximum absolute atomic E-state index is 6.75. The summed E-state index contributed by atoms with van der Waals surface area (Å²) in [5.41, 5.74) is 40.5. The first-order valence-electron chi connectivity index (χ1n) is 1.20. The highest BCUT2D eigenvalue weighted by Gasteiger charge is 0.694. The van der Waals surface area contributed by atoms with E-state index in [1.807, 2.05) is 0 Å². The molecule has 0 saturated heterocycles. The van der Waals surface area contributed by atoms with Crippen molar-refractivity contribution in [1.82, 2.24) is 0 Å². The molecule has 10 heavy (non-hydrogen) atoms. The van der Waals surface area contributed by atoms with Crippen LogP contribution in [-0.2, 0) is 0 Å². The van der Waals surface area contributed by atoms with Crippen molar-refractivity contribution >= 4 is 12.4 Å². The summed E-state index contributed by atoms with van der Waals surface area (Å²) in [6.45, 7) is 0. The molecule has 9 nitrogen and oxygen atoms in total. The second-order valence-electron chi connectivity index (χ2n) is 0.268. The van der Waals surface area contributed by atoms with Crippen molar-refractivity contribution in [1.29, 1.82) is 0 Å². The Kier molecular flexibility index (Phi) is 452. The van der Waals surface area contributed by atoms with Gasteiger partial charge in [-0.25, -0.2) is 0 Å². The van der Waals surface area contributed by atoms with E-state index in [-0.39, 0.29) is 12.4 Å². The minimum atomic E-state index is 0. The van der Waals surface area contributed by atoms with Gasteiger partial charge in [-0.1, -0.05) is 0 Å². The van der Waals surface area contributed by atoms with Crippen LogP contribution in [0.4, 0.5) is 0 Å². The Morgan fingerprint density at radius 1 is 0.500 bits per heavy atom. The van der Waals surface area contributed by atoms with Gasteiger partial charge >= 0.3 is 0 Å². The molecular formula is HClN9-3. The molecule has 0 aliphatic rings. The zero-order valence-corrected chi connectivity index (χ0v) is 5.25. The van der Waals surface area contributed by atoms with Gasteiger partial charge in [-0.2, -0.15) is 0 Å². The molecular weight excluding hydrogens is 162 g/mol. The van der Waals surface area contributed by atoms with E-state index in [1.165, 1.54) is 14.7 Å². The van der Waals surface area contributed by atoms with E-state index >= 15 is 0 Å². The molecule has 0 aromatic rings. The molecule has 0 spiro atoms. The predicted molar refractivity (Wildman–Crippen MR) is 37.5 cm³/mol. The van der Waals surface area contributed by atoms with Gasteiger partial charge in [-0.15, -0.1) is 12.4 Å². The van der Waals surface area contributed by atoms with Gasteiger partial charge in [0.15, 0.2) is 0 Å². The standard InChI is InChI=1S/ClH.3N3/c;3*1-3-2/h1H;;;/q;3*-1. The van der Waals surface area contributed by atoms with E-state index in [2.05, 4.69) is 0 Å². The molecule has 0 aromatic carbocycles. The summed E-state index contributed by atoms with van der Waals surface area (Å²) < 4.78 is 0. The Balaban J connectivity index is -0.0000000257. The van der Waals surface area contributed by atoms with Gasteiger partial charge in [0.05, 0.1) is 0 Å². The van der Waals surface area contributed by atoms with Gasteiger partial charge in [0.2, 0.25) is 0 Å². The minimum absolute atomic E-state index is 0. The maximum atomic E-state index is 6.75. The van der Waals surface area contributed by atoms with Crippen LogP contribution in [0.2, 0.25) is 0 Å². The molecule has 0 aliphatic heterocycles. The first-order valence-corrected chi connectivity index (χ1v) is 1.20. The largest absolute Gasteiger partial charge is 0.373 e. The van der Waals surface area contributed by atoms with E-state index in [0.29, 0.717) is 0 Å². The van der Waals surface area contributed by atoms with Crippen LogP contribution in [-0.4, -0.2) is 0 Å². The van der Waals surface area contributed by atoms with Crippen molar-refractivity contribution in [2.75, 3.05) is 0 Å². The third-order valence-electron chi connectivity index (χ3n) is 0. The first kappa shape index (κ1) is 24.1. The van der Waals surface area contributed by atoms with Gasteiger partial charge < -0.3 is 33.2 Å². The van der Waals surface area contributed by atoms with Gasteiger partial charge in [0, 0.05) is 0 Å². The van der Waals surface area contributed by atoms with Crippen molar-refractivity contribution in [3.8, 4) is 0 Å². The molecule has 0 aliphatic carbocycles. The van der Waals surface area contributed by atoms with Crippen molar-refractivity contribution in [2.24, 2.45) is 0 Å². The van der Waals surface area contributed by atoms with Crippen LogP contribution in [0.5, 0.6) is 0 Å². The number of nitrogens with zero attached hydrogens (tertiary/aromatic N) is 9. The van der Waals surface area contributed by atoms with E-state index in [9.17, 15) is 0 Å². The Morgan fingerprint density at radius 3 is 0.500 bits per heavy atom. The molecule has 0 amide bonds. The summed E-state index contributed by atoms with van der Waals surface area (Å²) in [4.78, 5) is 4.50. The second kappa shape index (κ2) is 188. The lowest BCUT2D eigenvalue weighted by atomic mass is 13.0. The number of halogens is 1. The molecule has 0 aromatic heterocycles. The molecule has 0 radical (unpaired) electrons. The lowest BCUT2D eigenvalue weighted by Gasteiger charge is -1.32. The summed E-state index contributed by atoms with van der Waals surface area (Å²) in [5.74, 6) is 0. The molecule has 0 N–H and O–H groups in total. The van der Waals surface area contributed by atoms with Gasteiger partial charge in [0.1, 0.15) is 0 Å². The predicted octanol–water partition coefficient (Wildman–Crippen LogP) is 3.02. The first-order chi connectivity index (χ1) is 4.24. The van der Waals surface area contributed by atoms with E-state index in [4.69, 9.17) is 33.2 Å². The third-order valence-corrected chi connectivity index (χ3v) is 0. The van der Waals surface area contributed by atoms with Crippen molar-refractivity contribution in [3.05, 3.63) is 47.9 Å². The highest BCUT2D eigenvalue weighted by atomic mass is 35.5. The zero-order chi connectivity index (χ0) is 8.12. The van der Waals surface area contributed by atoms with Gasteiger partial charge in [0.25, 0.3) is 0 Å². The van der Waals surface area contributed by atoms with E-state index in [1.54, 1.807) is 0 Å². The van der Waals surface area contributed by atoms with Crippen LogP contribution in [0.1, 0.15) is 0 Å². The lowest BCUT2D eigenvalue weighted by molar-refractivity contribution is 2.36. The van der Waals surface area contributed by atoms with Crippen molar-refractivity contribution in [3.63, 3.8) is 0 Å². The normalized spacial score (nSPS) is 2.40. The smallest absolute Gasteiger partial charge is 0.147 e. The fourth-order valence-corrected chi connectivity index (χ4v) is 0. The van der Waals surface area contributed by atoms with Crippen LogP contribution in [0.3, 0.4) is 0 Å². The highest BCUT2D eigenvalue weighted by Crippen LogP contribution is 1.30. The molecule has 0 bridgehead atoms. The molecule has 56 valence electrons. The molecule has 0 unspecified atom stereocenters. The lowest BCUT2D eigenvalue weighted by Crippen LogP contribution is -0.711. The molecule has 0 heterocycles. The van der Waals surface area contributed by atoms with Gasteiger partial charge in [-0.3, -0.25) is 14.7 Å². The fraction of sp³-hybridized carbons (Fsp3) is 0. The average Bonchev–Trinajstić information content (AvgIpc) is 1.70. The Labute approximate surface area is 61.3 Å². The second-order valence-corrected chi connectivity index (χ2v) is 0.268. The SMILES string of the molecule is Cl.[N-]=[N+]=[N-].[N-]=[N+]=[N-].[N-]=[N+]=[N-]. The number of hydrogen-bond acceptors (Lipinski definition) is 0. The quantitative estimate of drug-likeness (QED) is 0.289. The Bertz CT molecular complexity index is 96.3. The summed E-state index contributed by atoms with van der Waals surface area (Å²) in [6, 6.07) is 0. The average molecular weight is 163 g/mol. The van der Waals surface area contributed by atoms with Crippen molar-refractivity contribution < 1.29 is 0 Å². The summed E-state index contributed by atoms with van der Waals surface area (Å²) >= 11 is 0. The number of rotatable bonds is 0. The van der Waals surface area contributed by atoms with E-state index in [0.717, 1.165) is 0 Å². The zero-order valence-electron chi connectivity index (χ0n) is 4.43. The Morgan fingerprint density at radius 2 is 0.500 bits per heavy atom. The molecule has 0 rings (SSSR count). The van der Waals surface area contributed by atoms with Crippen LogP contribution in [0.15, 0.2) is 0 Å². The summed E-state index contributed by atoms with van der Waals surface area (Å²) in [5, 5.41) is 0. The van der Waals surface area contributed by atoms with Crippen molar-refractivity contribution in [2.45, 2.75) is 0 Å². The van der Waals surface area contributed by atoms with Gasteiger partial charge in [-0.05, 0) is 0 Å². The van der Waals surface area contributed by atoms with Crippen LogP contribution in [0, 0.1) is 0 Å². The van der Waals surface area contributed by atoms with Crippen LogP contribution < -0.4 is 0 Å². The fourth-order valence-electron chi connectivity index (χ4n) is 0. The Hall–Kier alpha value is -1.78. The molecule has 0 saturated carbocycles. The molecule has 10 heteroatoms. The third kappa shape index (κ3) is 53.5. The molecule has 0 atom stereocenters.